The van der Waals surface area contributed by atoms with Crippen LogP contribution >= 0.6 is 0 Å². The van der Waals surface area contributed by atoms with Crippen LogP contribution in [-0.2, 0) is 14.8 Å². The number of hydrogen-bond donors (Lipinski definition) is 2. The standard InChI is InChI=1S/C14H19NO4S/c1-2-19-11-12-20(17,18)15-14-8-6-13(7-9-14)5-3-4-10-16/h6-9,15-16H,2,4,10-12H2,1H3. The second-order valence-corrected chi connectivity index (χ2v) is 5.81. The molecular formula is C14H19NO4S. The van der Waals surface area contributed by atoms with Gasteiger partial charge in [-0.1, -0.05) is 11.8 Å². The molecule has 0 bridgehead atoms. The molecule has 0 unspecified atom stereocenters. The van der Waals surface area contributed by atoms with E-state index in [1.807, 2.05) is 6.92 Å². The maximum absolute atomic E-state index is 11.7. The fraction of sp³-hybridized carbons (Fsp3) is 0.429. The van der Waals surface area contributed by atoms with Crippen LogP contribution in [0.15, 0.2) is 24.3 Å². The van der Waals surface area contributed by atoms with Gasteiger partial charge in [0.1, 0.15) is 0 Å². The predicted octanol–water partition coefficient (Wildman–Crippen LogP) is 1.20. The largest absolute Gasteiger partial charge is 0.395 e. The molecule has 0 heterocycles. The summed E-state index contributed by atoms with van der Waals surface area (Å²) >= 11 is 0. The lowest BCUT2D eigenvalue weighted by Gasteiger charge is -2.07. The van der Waals surface area contributed by atoms with E-state index in [0.717, 1.165) is 5.56 Å². The highest BCUT2D eigenvalue weighted by atomic mass is 32.2. The minimum absolute atomic E-state index is 0.0325. The summed E-state index contributed by atoms with van der Waals surface area (Å²) in [5.74, 6) is 5.60. The Kier molecular flexibility index (Phi) is 7.09. The Morgan fingerprint density at radius 1 is 1.30 bits per heavy atom. The van der Waals surface area contributed by atoms with Gasteiger partial charge < -0.3 is 9.84 Å². The van der Waals surface area contributed by atoms with Gasteiger partial charge in [0.2, 0.25) is 10.0 Å². The average Bonchev–Trinajstić information content (AvgIpc) is 2.41. The third-order valence-electron chi connectivity index (χ3n) is 2.33. The van der Waals surface area contributed by atoms with Crippen molar-refractivity contribution in [3.63, 3.8) is 0 Å². The number of aliphatic hydroxyl groups is 1. The van der Waals surface area contributed by atoms with E-state index < -0.39 is 10.0 Å². The lowest BCUT2D eigenvalue weighted by Crippen LogP contribution is -2.20. The summed E-state index contributed by atoms with van der Waals surface area (Å²) in [5, 5.41) is 8.62. The summed E-state index contributed by atoms with van der Waals surface area (Å²) in [5.41, 5.74) is 1.27. The van der Waals surface area contributed by atoms with Crippen molar-refractivity contribution in [2.45, 2.75) is 13.3 Å². The Balaban J connectivity index is 2.59. The minimum atomic E-state index is -3.38. The van der Waals surface area contributed by atoms with E-state index in [4.69, 9.17) is 9.84 Å². The van der Waals surface area contributed by atoms with Crippen LogP contribution in [0, 0.1) is 11.8 Å². The summed E-state index contributed by atoms with van der Waals surface area (Å²) < 4.78 is 30.9. The lowest BCUT2D eigenvalue weighted by molar-refractivity contribution is 0.163. The number of benzene rings is 1. The maximum Gasteiger partial charge on any atom is 0.234 e. The highest BCUT2D eigenvalue weighted by Gasteiger charge is 2.09. The van der Waals surface area contributed by atoms with Crippen LogP contribution < -0.4 is 4.72 Å². The molecule has 20 heavy (non-hydrogen) atoms. The maximum atomic E-state index is 11.7. The van der Waals surface area contributed by atoms with Crippen LogP contribution in [0.4, 0.5) is 5.69 Å². The average molecular weight is 297 g/mol. The van der Waals surface area contributed by atoms with E-state index >= 15 is 0 Å². The van der Waals surface area contributed by atoms with Crippen LogP contribution in [0.3, 0.4) is 0 Å². The number of ether oxygens (including phenoxy) is 1. The molecule has 0 saturated carbocycles. The van der Waals surface area contributed by atoms with Crippen molar-refractivity contribution in [1.29, 1.82) is 0 Å². The Hall–Kier alpha value is -1.55. The lowest BCUT2D eigenvalue weighted by atomic mass is 10.2. The second-order valence-electron chi connectivity index (χ2n) is 3.97. The van der Waals surface area contributed by atoms with Crippen LogP contribution in [0.2, 0.25) is 0 Å². The van der Waals surface area contributed by atoms with Crippen LogP contribution in [-0.4, -0.2) is 39.1 Å². The number of sulfonamides is 1. The number of aliphatic hydroxyl groups excluding tert-OH is 1. The number of rotatable bonds is 7. The molecule has 1 aromatic rings. The Morgan fingerprint density at radius 2 is 2.00 bits per heavy atom. The summed E-state index contributed by atoms with van der Waals surface area (Å²) in [7, 11) is -3.38. The monoisotopic (exact) mass is 297 g/mol. The first-order valence-corrected chi connectivity index (χ1v) is 8.00. The molecule has 0 amide bonds. The quantitative estimate of drug-likeness (QED) is 0.586. The van der Waals surface area contributed by atoms with Crippen molar-refractivity contribution in [3.05, 3.63) is 29.8 Å². The molecule has 0 saturated heterocycles. The molecule has 0 aliphatic rings. The molecule has 0 aromatic heterocycles. The third kappa shape index (κ3) is 6.57. The summed E-state index contributed by atoms with van der Waals surface area (Å²) in [6, 6.07) is 6.76. The molecule has 0 fully saturated rings. The normalized spacial score (nSPS) is 10.7. The highest BCUT2D eigenvalue weighted by Crippen LogP contribution is 2.11. The van der Waals surface area contributed by atoms with Gasteiger partial charge in [0, 0.05) is 24.3 Å². The van der Waals surface area contributed by atoms with Crippen LogP contribution in [0.1, 0.15) is 18.9 Å². The molecule has 6 heteroatoms. The van der Waals surface area contributed by atoms with E-state index in [0.29, 0.717) is 18.7 Å². The van der Waals surface area contributed by atoms with Gasteiger partial charge in [-0.25, -0.2) is 8.42 Å². The third-order valence-corrected chi connectivity index (χ3v) is 3.58. The first-order valence-electron chi connectivity index (χ1n) is 6.35. The van der Waals surface area contributed by atoms with Crippen molar-refractivity contribution in [3.8, 4) is 11.8 Å². The summed E-state index contributed by atoms with van der Waals surface area (Å²) in [6.45, 7) is 2.52. The molecular weight excluding hydrogens is 278 g/mol. The Labute approximate surface area is 120 Å². The summed E-state index contributed by atoms with van der Waals surface area (Å²) in [4.78, 5) is 0. The molecule has 0 radical (unpaired) electrons. The van der Waals surface area contributed by atoms with Gasteiger partial charge in [-0.05, 0) is 31.2 Å². The van der Waals surface area contributed by atoms with Crippen molar-refractivity contribution in [1.82, 2.24) is 0 Å². The molecule has 0 aliphatic carbocycles. The Morgan fingerprint density at radius 3 is 2.60 bits per heavy atom. The Bertz CT molecular complexity index is 555. The number of nitrogens with one attached hydrogen (secondary N) is 1. The van der Waals surface area contributed by atoms with E-state index in [1.165, 1.54) is 0 Å². The number of anilines is 1. The molecule has 110 valence electrons. The van der Waals surface area contributed by atoms with Crippen molar-refractivity contribution in [2.24, 2.45) is 0 Å². The minimum Gasteiger partial charge on any atom is -0.395 e. The molecule has 1 aromatic carbocycles. The van der Waals surface area contributed by atoms with Crippen molar-refractivity contribution >= 4 is 15.7 Å². The smallest absolute Gasteiger partial charge is 0.234 e. The molecule has 0 atom stereocenters. The van der Waals surface area contributed by atoms with Gasteiger partial charge in [-0.2, -0.15) is 0 Å². The predicted molar refractivity (Wildman–Crippen MR) is 78.9 cm³/mol. The first kappa shape index (κ1) is 16.5. The number of hydrogen-bond acceptors (Lipinski definition) is 4. The topological polar surface area (TPSA) is 75.6 Å². The van der Waals surface area contributed by atoms with Crippen molar-refractivity contribution in [2.75, 3.05) is 30.3 Å². The van der Waals surface area contributed by atoms with Crippen LogP contribution in [0.25, 0.3) is 0 Å². The van der Waals surface area contributed by atoms with Gasteiger partial charge in [-0.15, -0.1) is 0 Å². The zero-order chi connectivity index (χ0) is 14.8. The first-order chi connectivity index (χ1) is 9.57. The summed E-state index contributed by atoms with van der Waals surface area (Å²) in [6.07, 6.45) is 0.422. The SMILES string of the molecule is CCOCCS(=O)(=O)Nc1ccc(C#CCCO)cc1. The zero-order valence-corrected chi connectivity index (χ0v) is 12.2. The molecule has 5 nitrogen and oxygen atoms in total. The van der Waals surface area contributed by atoms with Gasteiger partial charge in [0.05, 0.1) is 19.0 Å². The fourth-order valence-corrected chi connectivity index (χ4v) is 2.32. The molecule has 2 N–H and O–H groups in total. The van der Waals surface area contributed by atoms with Gasteiger partial charge in [0.15, 0.2) is 0 Å². The van der Waals surface area contributed by atoms with Crippen molar-refractivity contribution < 1.29 is 18.3 Å². The second kappa shape index (κ2) is 8.59. The zero-order valence-electron chi connectivity index (χ0n) is 11.4. The van der Waals surface area contributed by atoms with E-state index in [1.54, 1.807) is 24.3 Å². The van der Waals surface area contributed by atoms with E-state index in [-0.39, 0.29) is 19.0 Å². The molecule has 1 rings (SSSR count). The van der Waals surface area contributed by atoms with Gasteiger partial charge >= 0.3 is 0 Å². The van der Waals surface area contributed by atoms with Gasteiger partial charge in [0.25, 0.3) is 0 Å². The molecule has 0 spiro atoms. The van der Waals surface area contributed by atoms with E-state index in [2.05, 4.69) is 16.6 Å². The fourth-order valence-electron chi connectivity index (χ4n) is 1.39. The van der Waals surface area contributed by atoms with Gasteiger partial charge in [-0.3, -0.25) is 4.72 Å². The highest BCUT2D eigenvalue weighted by molar-refractivity contribution is 7.92. The van der Waals surface area contributed by atoms with Crippen LogP contribution in [0.5, 0.6) is 0 Å². The molecule has 0 aliphatic heterocycles. The van der Waals surface area contributed by atoms with E-state index in [9.17, 15) is 8.42 Å².